The Labute approximate surface area is 127 Å². The van der Waals surface area contributed by atoms with Crippen molar-refractivity contribution in [2.24, 2.45) is 0 Å². The first-order chi connectivity index (χ1) is 9.65. The molecule has 1 heterocycles. The molecule has 0 aromatic heterocycles. The second kappa shape index (κ2) is 7.87. The molecule has 0 spiro atoms. The summed E-state index contributed by atoms with van der Waals surface area (Å²) in [6.45, 7) is 11.2. The van der Waals surface area contributed by atoms with Gasteiger partial charge in [-0.05, 0) is 37.7 Å². The predicted octanol–water partition coefficient (Wildman–Crippen LogP) is 2.85. The van der Waals surface area contributed by atoms with Crippen molar-refractivity contribution in [1.82, 2.24) is 10.2 Å². The standard InChI is InChI=1S/C16H26ClN3/c1-14(2)18-7-4-8-19-9-11-20(12-10-19)16-6-3-5-15(17)13-16/h3,5-6,13-14,18H,4,7-12H2,1-2H3. The lowest BCUT2D eigenvalue weighted by molar-refractivity contribution is 0.253. The summed E-state index contributed by atoms with van der Waals surface area (Å²) in [4.78, 5) is 4.98. The van der Waals surface area contributed by atoms with Gasteiger partial charge in [0.05, 0.1) is 0 Å². The first kappa shape index (κ1) is 15.6. The third kappa shape index (κ3) is 4.97. The van der Waals surface area contributed by atoms with E-state index < -0.39 is 0 Å². The molecule has 1 N–H and O–H groups in total. The highest BCUT2D eigenvalue weighted by Crippen LogP contribution is 2.20. The van der Waals surface area contributed by atoms with Crippen LogP contribution in [0.5, 0.6) is 0 Å². The SMILES string of the molecule is CC(C)NCCCN1CCN(c2cccc(Cl)c2)CC1. The number of benzene rings is 1. The molecule has 0 amide bonds. The molecular formula is C16H26ClN3. The molecule has 1 fully saturated rings. The van der Waals surface area contributed by atoms with Gasteiger partial charge in [0, 0.05) is 42.9 Å². The summed E-state index contributed by atoms with van der Waals surface area (Å²) in [5.41, 5.74) is 1.25. The maximum atomic E-state index is 6.06. The van der Waals surface area contributed by atoms with Crippen molar-refractivity contribution in [2.45, 2.75) is 26.3 Å². The van der Waals surface area contributed by atoms with E-state index in [0.29, 0.717) is 6.04 Å². The van der Waals surface area contributed by atoms with Crippen LogP contribution >= 0.6 is 11.6 Å². The molecule has 2 rings (SSSR count). The average molecular weight is 296 g/mol. The number of hydrogen-bond acceptors (Lipinski definition) is 3. The van der Waals surface area contributed by atoms with Gasteiger partial charge in [0.25, 0.3) is 0 Å². The van der Waals surface area contributed by atoms with Crippen LogP contribution in [-0.2, 0) is 0 Å². The lowest BCUT2D eigenvalue weighted by Gasteiger charge is -2.36. The minimum Gasteiger partial charge on any atom is -0.369 e. The summed E-state index contributed by atoms with van der Waals surface area (Å²) in [7, 11) is 0. The number of nitrogens with zero attached hydrogens (tertiary/aromatic N) is 2. The molecule has 1 aliphatic rings. The second-order valence-electron chi connectivity index (χ2n) is 5.77. The minimum atomic E-state index is 0.592. The molecule has 0 unspecified atom stereocenters. The van der Waals surface area contributed by atoms with Crippen LogP contribution in [-0.4, -0.2) is 50.2 Å². The van der Waals surface area contributed by atoms with Crippen molar-refractivity contribution in [1.29, 1.82) is 0 Å². The molecule has 1 aliphatic heterocycles. The minimum absolute atomic E-state index is 0.592. The quantitative estimate of drug-likeness (QED) is 0.814. The molecule has 0 aliphatic carbocycles. The van der Waals surface area contributed by atoms with Gasteiger partial charge >= 0.3 is 0 Å². The number of anilines is 1. The van der Waals surface area contributed by atoms with Crippen LogP contribution in [0.25, 0.3) is 0 Å². The first-order valence-electron chi connectivity index (χ1n) is 7.61. The van der Waals surface area contributed by atoms with Crippen molar-refractivity contribution < 1.29 is 0 Å². The molecule has 0 radical (unpaired) electrons. The summed E-state index contributed by atoms with van der Waals surface area (Å²) in [6.07, 6.45) is 1.23. The van der Waals surface area contributed by atoms with Gasteiger partial charge in [0.1, 0.15) is 0 Å². The van der Waals surface area contributed by atoms with E-state index in [-0.39, 0.29) is 0 Å². The molecule has 3 nitrogen and oxygen atoms in total. The van der Waals surface area contributed by atoms with Crippen LogP contribution in [0.15, 0.2) is 24.3 Å². The highest BCUT2D eigenvalue weighted by molar-refractivity contribution is 6.30. The van der Waals surface area contributed by atoms with Crippen molar-refractivity contribution in [3.63, 3.8) is 0 Å². The third-order valence-corrected chi connectivity index (χ3v) is 3.98. The van der Waals surface area contributed by atoms with Gasteiger partial charge in [0.15, 0.2) is 0 Å². The smallest absolute Gasteiger partial charge is 0.0426 e. The van der Waals surface area contributed by atoms with Crippen LogP contribution < -0.4 is 10.2 Å². The van der Waals surface area contributed by atoms with E-state index in [1.807, 2.05) is 12.1 Å². The lowest BCUT2D eigenvalue weighted by Crippen LogP contribution is -2.47. The number of halogens is 1. The maximum absolute atomic E-state index is 6.06. The lowest BCUT2D eigenvalue weighted by atomic mass is 10.2. The highest BCUT2D eigenvalue weighted by atomic mass is 35.5. The van der Waals surface area contributed by atoms with Crippen molar-refractivity contribution in [3.05, 3.63) is 29.3 Å². The fourth-order valence-electron chi connectivity index (χ4n) is 2.60. The molecule has 20 heavy (non-hydrogen) atoms. The van der Waals surface area contributed by atoms with E-state index in [9.17, 15) is 0 Å². The van der Waals surface area contributed by atoms with Gasteiger partial charge < -0.3 is 10.2 Å². The molecule has 0 bridgehead atoms. The second-order valence-corrected chi connectivity index (χ2v) is 6.21. The van der Waals surface area contributed by atoms with Crippen molar-refractivity contribution in [3.8, 4) is 0 Å². The zero-order valence-electron chi connectivity index (χ0n) is 12.6. The van der Waals surface area contributed by atoms with Gasteiger partial charge in [-0.15, -0.1) is 0 Å². The van der Waals surface area contributed by atoms with E-state index in [0.717, 1.165) is 37.7 Å². The Bertz CT molecular complexity index is 400. The number of nitrogens with one attached hydrogen (secondary N) is 1. The highest BCUT2D eigenvalue weighted by Gasteiger charge is 2.16. The third-order valence-electron chi connectivity index (χ3n) is 3.75. The van der Waals surface area contributed by atoms with Crippen molar-refractivity contribution in [2.75, 3.05) is 44.2 Å². The maximum Gasteiger partial charge on any atom is 0.0426 e. The summed E-state index contributed by atoms with van der Waals surface area (Å²) >= 11 is 6.06. The zero-order valence-corrected chi connectivity index (χ0v) is 13.4. The van der Waals surface area contributed by atoms with E-state index in [4.69, 9.17) is 11.6 Å². The average Bonchev–Trinajstić information content (AvgIpc) is 2.44. The van der Waals surface area contributed by atoms with Gasteiger partial charge in [-0.25, -0.2) is 0 Å². The number of hydrogen-bond donors (Lipinski definition) is 1. The van der Waals surface area contributed by atoms with Crippen LogP contribution in [0.1, 0.15) is 20.3 Å². The Morgan fingerprint density at radius 1 is 1.20 bits per heavy atom. The van der Waals surface area contributed by atoms with Crippen LogP contribution in [0, 0.1) is 0 Å². The predicted molar refractivity (Wildman–Crippen MR) is 87.9 cm³/mol. The van der Waals surface area contributed by atoms with Crippen LogP contribution in [0.4, 0.5) is 5.69 Å². The first-order valence-corrected chi connectivity index (χ1v) is 7.99. The van der Waals surface area contributed by atoms with Crippen LogP contribution in [0.3, 0.4) is 0 Å². The zero-order chi connectivity index (χ0) is 14.4. The van der Waals surface area contributed by atoms with Crippen LogP contribution in [0.2, 0.25) is 5.02 Å². The molecule has 1 aromatic carbocycles. The molecule has 4 heteroatoms. The molecule has 0 atom stereocenters. The normalized spacial score (nSPS) is 16.9. The largest absolute Gasteiger partial charge is 0.369 e. The molecular weight excluding hydrogens is 270 g/mol. The van der Waals surface area contributed by atoms with Crippen molar-refractivity contribution >= 4 is 17.3 Å². The number of rotatable bonds is 6. The van der Waals surface area contributed by atoms with Gasteiger partial charge in [-0.1, -0.05) is 31.5 Å². The molecule has 0 saturated carbocycles. The molecule has 1 aromatic rings. The Morgan fingerprint density at radius 3 is 2.60 bits per heavy atom. The Morgan fingerprint density at radius 2 is 1.95 bits per heavy atom. The monoisotopic (exact) mass is 295 g/mol. The van der Waals surface area contributed by atoms with Gasteiger partial charge in [0.2, 0.25) is 0 Å². The fraction of sp³-hybridized carbons (Fsp3) is 0.625. The summed E-state index contributed by atoms with van der Waals surface area (Å²) in [5, 5.41) is 4.30. The Kier molecular flexibility index (Phi) is 6.14. The Hall–Kier alpha value is -0.770. The van der Waals surface area contributed by atoms with E-state index in [1.54, 1.807) is 0 Å². The van der Waals surface area contributed by atoms with E-state index >= 15 is 0 Å². The van der Waals surface area contributed by atoms with E-state index in [2.05, 4.69) is 41.1 Å². The summed E-state index contributed by atoms with van der Waals surface area (Å²) in [6, 6.07) is 8.76. The summed E-state index contributed by atoms with van der Waals surface area (Å²) in [5.74, 6) is 0. The topological polar surface area (TPSA) is 18.5 Å². The fourth-order valence-corrected chi connectivity index (χ4v) is 2.78. The summed E-state index contributed by atoms with van der Waals surface area (Å²) < 4.78 is 0. The van der Waals surface area contributed by atoms with Gasteiger partial charge in [-0.2, -0.15) is 0 Å². The van der Waals surface area contributed by atoms with E-state index in [1.165, 1.54) is 18.7 Å². The Balaban J connectivity index is 1.70. The molecule has 112 valence electrons. The number of piperazine rings is 1. The molecule has 1 saturated heterocycles. The van der Waals surface area contributed by atoms with Gasteiger partial charge in [-0.3, -0.25) is 4.90 Å².